The highest BCUT2D eigenvalue weighted by Gasteiger charge is 2.30. The Hall–Kier alpha value is -3.94. The Bertz CT molecular complexity index is 1480. The molecule has 0 radical (unpaired) electrons. The molecule has 0 saturated carbocycles. The monoisotopic (exact) mass is 507 g/mol. The van der Waals surface area contributed by atoms with Crippen LogP contribution >= 0.6 is 0 Å². The molecule has 4 aromatic rings. The van der Waals surface area contributed by atoms with E-state index in [2.05, 4.69) is 31.1 Å². The minimum Gasteiger partial charge on any atom is -0.342 e. The van der Waals surface area contributed by atoms with Gasteiger partial charge in [-0.3, -0.25) is 14.2 Å². The van der Waals surface area contributed by atoms with Gasteiger partial charge >= 0.3 is 6.18 Å². The summed E-state index contributed by atoms with van der Waals surface area (Å²) in [6.07, 6.45) is -3.64. The van der Waals surface area contributed by atoms with Gasteiger partial charge in [0.05, 0.1) is 28.2 Å². The summed E-state index contributed by atoms with van der Waals surface area (Å²) < 4.78 is 40.5. The van der Waals surface area contributed by atoms with Crippen molar-refractivity contribution < 1.29 is 18.0 Å². The van der Waals surface area contributed by atoms with Crippen molar-refractivity contribution in [2.24, 2.45) is 5.41 Å². The van der Waals surface area contributed by atoms with E-state index in [1.165, 1.54) is 16.7 Å². The first-order valence-corrected chi connectivity index (χ1v) is 11.9. The molecule has 5 nitrogen and oxygen atoms in total. The predicted molar refractivity (Wildman–Crippen MR) is 138 cm³/mol. The zero-order valence-corrected chi connectivity index (χ0v) is 21.1. The number of aromatic nitrogens is 2. The quantitative estimate of drug-likeness (QED) is 0.336. The Morgan fingerprint density at radius 1 is 0.946 bits per heavy atom. The maximum Gasteiger partial charge on any atom is 0.416 e. The van der Waals surface area contributed by atoms with E-state index in [-0.39, 0.29) is 22.8 Å². The van der Waals surface area contributed by atoms with E-state index in [4.69, 9.17) is 0 Å². The fraction of sp³-hybridized carbons (Fsp3) is 0.276. The largest absolute Gasteiger partial charge is 0.416 e. The predicted octanol–water partition coefficient (Wildman–Crippen LogP) is 6.48. The van der Waals surface area contributed by atoms with Crippen LogP contribution in [0.2, 0.25) is 0 Å². The molecule has 1 N–H and O–H groups in total. The summed E-state index contributed by atoms with van der Waals surface area (Å²) >= 11 is 0. The number of carbonyl (C=O) groups excluding carboxylic acids is 1. The molecule has 4 rings (SSSR count). The molecule has 1 unspecified atom stereocenters. The number of fused-ring (bicyclic) bond motifs is 1. The van der Waals surface area contributed by atoms with Crippen molar-refractivity contribution in [1.29, 1.82) is 0 Å². The fourth-order valence-corrected chi connectivity index (χ4v) is 4.22. The van der Waals surface area contributed by atoms with E-state index in [1.807, 2.05) is 12.1 Å². The lowest BCUT2D eigenvalue weighted by atomic mass is 9.88. The summed E-state index contributed by atoms with van der Waals surface area (Å²) in [5.41, 5.74) is 1.07. The zero-order valence-electron chi connectivity index (χ0n) is 21.1. The summed E-state index contributed by atoms with van der Waals surface area (Å²) in [6.45, 7) is 8.11. The third-order valence-electron chi connectivity index (χ3n) is 5.94. The van der Waals surface area contributed by atoms with E-state index in [1.54, 1.807) is 43.3 Å². The fourth-order valence-electron chi connectivity index (χ4n) is 4.22. The van der Waals surface area contributed by atoms with Gasteiger partial charge < -0.3 is 5.32 Å². The number of nitrogens with zero attached hydrogens (tertiary/aromatic N) is 2. The van der Waals surface area contributed by atoms with Crippen LogP contribution in [0.25, 0.3) is 16.6 Å². The van der Waals surface area contributed by atoms with E-state index in [0.29, 0.717) is 16.5 Å². The number of halogens is 3. The molecule has 0 aliphatic carbocycles. The third kappa shape index (κ3) is 5.90. The average Bonchev–Trinajstić information content (AvgIpc) is 2.83. The van der Waals surface area contributed by atoms with Crippen LogP contribution in [0.15, 0.2) is 77.6 Å². The zero-order chi connectivity index (χ0) is 27.0. The molecule has 1 amide bonds. The first-order valence-electron chi connectivity index (χ1n) is 11.9. The van der Waals surface area contributed by atoms with Gasteiger partial charge in [-0.25, -0.2) is 4.98 Å². The van der Waals surface area contributed by atoms with Crippen molar-refractivity contribution in [3.63, 3.8) is 0 Å². The third-order valence-corrected chi connectivity index (χ3v) is 5.94. The second kappa shape index (κ2) is 9.84. The molecule has 0 saturated heterocycles. The Kier molecular flexibility index (Phi) is 6.95. The van der Waals surface area contributed by atoms with Crippen molar-refractivity contribution in [1.82, 2.24) is 14.9 Å². The second-order valence-electron chi connectivity index (χ2n) is 10.3. The first kappa shape index (κ1) is 26.1. The highest BCUT2D eigenvalue weighted by molar-refractivity contribution is 5.94. The second-order valence-corrected chi connectivity index (χ2v) is 10.3. The molecule has 0 bridgehead atoms. The van der Waals surface area contributed by atoms with Gasteiger partial charge in [-0.05, 0) is 72.9 Å². The smallest absolute Gasteiger partial charge is 0.342 e. The Balaban J connectivity index is 1.70. The molecule has 192 valence electrons. The molecular formula is C29H28F3N3O2. The number of hydrogen-bond acceptors (Lipinski definition) is 3. The molecule has 8 heteroatoms. The van der Waals surface area contributed by atoms with Gasteiger partial charge in [0.1, 0.15) is 5.82 Å². The number of nitrogens with one attached hydrogen (secondary N) is 1. The number of benzene rings is 3. The van der Waals surface area contributed by atoms with Gasteiger partial charge in [-0.15, -0.1) is 0 Å². The maximum atomic E-state index is 13.4. The van der Waals surface area contributed by atoms with Crippen molar-refractivity contribution in [3.8, 4) is 5.69 Å². The number of hydrogen-bond donors (Lipinski definition) is 1. The molecule has 0 fully saturated rings. The van der Waals surface area contributed by atoms with Gasteiger partial charge in [-0.1, -0.05) is 45.0 Å². The molecule has 3 aromatic carbocycles. The van der Waals surface area contributed by atoms with Crippen LogP contribution < -0.4 is 10.9 Å². The molecule has 1 atom stereocenters. The molecule has 1 aromatic heterocycles. The van der Waals surface area contributed by atoms with Gasteiger partial charge in [0.2, 0.25) is 0 Å². The van der Waals surface area contributed by atoms with Gasteiger partial charge in [0.15, 0.2) is 0 Å². The number of rotatable bonds is 5. The Morgan fingerprint density at radius 3 is 2.16 bits per heavy atom. The lowest BCUT2D eigenvalue weighted by Crippen LogP contribution is -2.33. The minimum absolute atomic E-state index is 0.113. The van der Waals surface area contributed by atoms with Crippen LogP contribution in [-0.4, -0.2) is 15.5 Å². The Labute approximate surface area is 213 Å². The van der Waals surface area contributed by atoms with E-state index < -0.39 is 23.3 Å². The van der Waals surface area contributed by atoms with E-state index in [0.717, 1.165) is 24.1 Å². The number of amides is 1. The number of alkyl halides is 3. The molecule has 37 heavy (non-hydrogen) atoms. The van der Waals surface area contributed by atoms with Crippen molar-refractivity contribution in [2.75, 3.05) is 0 Å². The van der Waals surface area contributed by atoms with Crippen LogP contribution in [0, 0.1) is 5.41 Å². The van der Waals surface area contributed by atoms with E-state index >= 15 is 0 Å². The highest BCUT2D eigenvalue weighted by Crippen LogP contribution is 2.30. The first-order chi connectivity index (χ1) is 17.3. The standard InChI is InChI=1S/C29H28F3N3O2/c1-18(33-26(36)20-11-9-19(10-12-20)17-28(2,3)4)25-34-24-8-6-5-7-23(24)27(37)35(25)22-15-13-21(14-16-22)29(30,31)32/h5-16,18H,17H2,1-4H3,(H,33,36). The van der Waals surface area contributed by atoms with Crippen LogP contribution in [0.1, 0.15) is 61.0 Å². The van der Waals surface area contributed by atoms with Crippen LogP contribution in [0.5, 0.6) is 0 Å². The summed E-state index contributed by atoms with van der Waals surface area (Å²) in [7, 11) is 0. The van der Waals surface area contributed by atoms with Crippen molar-refractivity contribution in [2.45, 2.75) is 46.3 Å². The summed E-state index contributed by atoms with van der Waals surface area (Å²) in [6, 6.07) is 17.6. The van der Waals surface area contributed by atoms with Gasteiger partial charge in [0.25, 0.3) is 11.5 Å². The molecule has 0 spiro atoms. The summed E-state index contributed by atoms with van der Waals surface area (Å²) in [5.74, 6) is -0.141. The van der Waals surface area contributed by atoms with Gasteiger partial charge in [0, 0.05) is 5.56 Å². The maximum absolute atomic E-state index is 13.4. The molecular weight excluding hydrogens is 479 g/mol. The molecule has 0 aliphatic rings. The van der Waals surface area contributed by atoms with Crippen molar-refractivity contribution in [3.05, 3.63) is 106 Å². The molecule has 1 heterocycles. The summed E-state index contributed by atoms with van der Waals surface area (Å²) in [4.78, 5) is 31.1. The molecule has 0 aliphatic heterocycles. The van der Waals surface area contributed by atoms with E-state index in [9.17, 15) is 22.8 Å². The summed E-state index contributed by atoms with van der Waals surface area (Å²) in [5, 5.41) is 3.20. The highest BCUT2D eigenvalue weighted by atomic mass is 19.4. The topological polar surface area (TPSA) is 64.0 Å². The van der Waals surface area contributed by atoms with Crippen molar-refractivity contribution >= 4 is 16.8 Å². The number of para-hydroxylation sites is 1. The lowest BCUT2D eigenvalue weighted by Gasteiger charge is -2.20. The van der Waals surface area contributed by atoms with Gasteiger partial charge in [-0.2, -0.15) is 13.2 Å². The number of carbonyl (C=O) groups is 1. The van der Waals surface area contributed by atoms with Crippen LogP contribution in [0.3, 0.4) is 0 Å². The Morgan fingerprint density at radius 2 is 1.57 bits per heavy atom. The SMILES string of the molecule is CC(NC(=O)c1ccc(CC(C)(C)C)cc1)c1nc2ccccc2c(=O)n1-c1ccc(C(F)(F)F)cc1. The average molecular weight is 508 g/mol. The minimum atomic E-state index is -4.50. The normalized spacial score (nSPS) is 12.9. The van der Waals surface area contributed by atoms with Crippen LogP contribution in [-0.2, 0) is 12.6 Å². The van der Waals surface area contributed by atoms with Crippen LogP contribution in [0.4, 0.5) is 13.2 Å². The lowest BCUT2D eigenvalue weighted by molar-refractivity contribution is -0.137.